The molecule has 4 atom stereocenters. The van der Waals surface area contributed by atoms with Crippen molar-refractivity contribution in [1.82, 2.24) is 20.2 Å². The van der Waals surface area contributed by atoms with Crippen LogP contribution in [0.25, 0.3) is 11.1 Å². The number of ketones is 1. The third-order valence-electron chi connectivity index (χ3n) is 9.04. The lowest BCUT2D eigenvalue weighted by molar-refractivity contribution is -0.142. The topological polar surface area (TPSA) is 126 Å². The first-order valence-electron chi connectivity index (χ1n) is 14.2. The van der Waals surface area contributed by atoms with Crippen molar-refractivity contribution in [3.8, 4) is 16.9 Å². The number of azo groups is 1. The SMILES string of the molecule is COc1ccccc1CNC(=O)[C@@H]1C[C@@]2(C)C[C@H]2N1C(=O)CC1(C(C)=O)N=Nc2c(C)cc(-c3cnc(C)nc3)cc21. The standard InChI is InChI=1S/C32H34N6O4/c1-18-10-22(23-16-33-20(3)34-17-23)11-24-29(18)36-37-32(24,19(2)39)14-28(40)38-25(12-31(4)13-27(31)38)30(41)35-15-21-8-6-7-9-26(21)42-5/h6-11,16-17,25,27H,12-15H2,1-5H3,(H,35,41)/t25-,27+,31-,32?/m0/s1. The van der Waals surface area contributed by atoms with Crippen LogP contribution in [0, 0.1) is 19.3 Å². The molecule has 2 amide bonds. The summed E-state index contributed by atoms with van der Waals surface area (Å²) in [7, 11) is 1.59. The summed E-state index contributed by atoms with van der Waals surface area (Å²) in [5.41, 5.74) is 2.91. The number of methoxy groups -OCH3 is 1. The fourth-order valence-electron chi connectivity index (χ4n) is 6.46. The first-order chi connectivity index (χ1) is 20.1. The number of hydrogen-bond donors (Lipinski definition) is 1. The van der Waals surface area contributed by atoms with Gasteiger partial charge in [0.1, 0.15) is 17.6 Å². The van der Waals surface area contributed by atoms with Gasteiger partial charge in [-0.15, -0.1) is 0 Å². The van der Waals surface area contributed by atoms with Gasteiger partial charge in [-0.1, -0.05) is 25.1 Å². The molecule has 0 radical (unpaired) electrons. The smallest absolute Gasteiger partial charge is 0.243 e. The van der Waals surface area contributed by atoms with Crippen LogP contribution in [0.1, 0.15) is 55.6 Å². The molecule has 2 fully saturated rings. The van der Waals surface area contributed by atoms with Crippen LogP contribution >= 0.6 is 0 Å². The van der Waals surface area contributed by atoms with Crippen LogP contribution in [-0.4, -0.2) is 51.7 Å². The number of hydrogen-bond acceptors (Lipinski definition) is 8. The van der Waals surface area contributed by atoms with Gasteiger partial charge in [0.05, 0.1) is 19.2 Å². The zero-order valence-corrected chi connectivity index (χ0v) is 24.5. The van der Waals surface area contributed by atoms with Crippen LogP contribution in [0.5, 0.6) is 5.75 Å². The highest BCUT2D eigenvalue weighted by Gasteiger charge is 2.65. The molecule has 1 saturated carbocycles. The summed E-state index contributed by atoms with van der Waals surface area (Å²) in [6.45, 7) is 7.56. The minimum absolute atomic E-state index is 0.0494. The molecule has 1 saturated heterocycles. The van der Waals surface area contributed by atoms with Crippen molar-refractivity contribution in [2.24, 2.45) is 15.6 Å². The lowest BCUT2D eigenvalue weighted by atomic mass is 9.81. The van der Waals surface area contributed by atoms with E-state index in [-0.39, 0.29) is 42.0 Å². The molecule has 2 aromatic carbocycles. The number of carbonyl (C=O) groups excluding carboxylic acids is 3. The number of nitrogens with one attached hydrogen (secondary N) is 1. The van der Waals surface area contributed by atoms with Crippen molar-refractivity contribution in [2.75, 3.05) is 7.11 Å². The van der Waals surface area contributed by atoms with E-state index in [4.69, 9.17) is 4.74 Å². The second-order valence-electron chi connectivity index (χ2n) is 11.9. The minimum atomic E-state index is -1.47. The Morgan fingerprint density at radius 2 is 1.81 bits per heavy atom. The van der Waals surface area contributed by atoms with Gasteiger partial charge in [0.25, 0.3) is 0 Å². The molecular weight excluding hydrogens is 532 g/mol. The summed E-state index contributed by atoms with van der Waals surface area (Å²) >= 11 is 0. The molecule has 2 aliphatic heterocycles. The molecule has 216 valence electrons. The summed E-state index contributed by atoms with van der Waals surface area (Å²) in [5, 5.41) is 11.9. The van der Waals surface area contributed by atoms with Gasteiger partial charge in [-0.3, -0.25) is 14.4 Å². The highest BCUT2D eigenvalue weighted by Crippen LogP contribution is 2.60. The molecule has 1 unspecified atom stereocenters. The van der Waals surface area contributed by atoms with E-state index in [2.05, 4.69) is 32.4 Å². The molecule has 3 aliphatic rings. The maximum Gasteiger partial charge on any atom is 0.243 e. The van der Waals surface area contributed by atoms with Gasteiger partial charge < -0.3 is 15.0 Å². The molecule has 0 spiro atoms. The number of aryl methyl sites for hydroxylation is 2. The number of ether oxygens (including phenoxy) is 1. The summed E-state index contributed by atoms with van der Waals surface area (Å²) in [6.07, 6.45) is 4.67. The van der Waals surface area contributed by atoms with Crippen LogP contribution < -0.4 is 10.1 Å². The predicted octanol–water partition coefficient (Wildman–Crippen LogP) is 4.74. The molecule has 1 aliphatic carbocycles. The Balaban J connectivity index is 1.28. The molecule has 1 N–H and O–H groups in total. The van der Waals surface area contributed by atoms with Crippen molar-refractivity contribution in [1.29, 1.82) is 0 Å². The van der Waals surface area contributed by atoms with Crippen molar-refractivity contribution < 1.29 is 19.1 Å². The summed E-state index contributed by atoms with van der Waals surface area (Å²) in [6, 6.07) is 10.7. The van der Waals surface area contributed by atoms with Gasteiger partial charge in [-0.25, -0.2) is 9.97 Å². The number of benzene rings is 2. The lowest BCUT2D eigenvalue weighted by Crippen LogP contribution is -2.49. The van der Waals surface area contributed by atoms with Crippen LogP contribution in [-0.2, 0) is 26.5 Å². The number of para-hydroxylation sites is 1. The van der Waals surface area contributed by atoms with Crippen LogP contribution in [0.2, 0.25) is 0 Å². The summed E-state index contributed by atoms with van der Waals surface area (Å²) in [5.74, 6) is 0.579. The number of Topliss-reactive ketones (excluding diaryl/α,β-unsaturated/α-hetero) is 1. The van der Waals surface area contributed by atoms with Crippen molar-refractivity contribution in [3.63, 3.8) is 0 Å². The number of carbonyl (C=O) groups is 3. The van der Waals surface area contributed by atoms with Gasteiger partial charge in [-0.05, 0) is 68.4 Å². The quantitative estimate of drug-likeness (QED) is 0.420. The van der Waals surface area contributed by atoms with Gasteiger partial charge in [-0.2, -0.15) is 10.2 Å². The molecular formula is C32H34N6O4. The first kappa shape index (κ1) is 27.7. The zero-order chi connectivity index (χ0) is 29.8. The van der Waals surface area contributed by atoms with E-state index in [1.807, 2.05) is 50.2 Å². The Morgan fingerprint density at radius 1 is 1.07 bits per heavy atom. The molecule has 1 aromatic heterocycles. The van der Waals surface area contributed by atoms with E-state index in [1.165, 1.54) is 6.92 Å². The molecule has 10 nitrogen and oxygen atoms in total. The van der Waals surface area contributed by atoms with Gasteiger partial charge in [0.15, 0.2) is 11.3 Å². The third kappa shape index (κ3) is 4.55. The second kappa shape index (κ2) is 10.1. The average molecular weight is 567 g/mol. The van der Waals surface area contributed by atoms with Gasteiger partial charge in [0.2, 0.25) is 11.8 Å². The third-order valence-corrected chi connectivity index (χ3v) is 9.04. The van der Waals surface area contributed by atoms with E-state index >= 15 is 0 Å². The molecule has 6 rings (SSSR count). The van der Waals surface area contributed by atoms with E-state index in [9.17, 15) is 14.4 Å². The fraction of sp³-hybridized carbons (Fsp3) is 0.406. The normalized spacial score (nSPS) is 25.1. The van der Waals surface area contributed by atoms with Gasteiger partial charge >= 0.3 is 0 Å². The van der Waals surface area contributed by atoms with E-state index in [1.54, 1.807) is 24.4 Å². The van der Waals surface area contributed by atoms with Crippen molar-refractivity contribution in [3.05, 3.63) is 71.3 Å². The van der Waals surface area contributed by atoms with E-state index in [0.29, 0.717) is 29.2 Å². The number of fused-ring (bicyclic) bond motifs is 2. The summed E-state index contributed by atoms with van der Waals surface area (Å²) < 4.78 is 5.42. The first-order valence-corrected chi connectivity index (χ1v) is 14.2. The Labute approximate surface area is 244 Å². The molecule has 42 heavy (non-hydrogen) atoms. The Kier molecular flexibility index (Phi) is 6.67. The number of rotatable bonds is 8. The largest absolute Gasteiger partial charge is 0.496 e. The minimum Gasteiger partial charge on any atom is -0.496 e. The molecule has 0 bridgehead atoms. The lowest BCUT2D eigenvalue weighted by Gasteiger charge is -2.31. The predicted molar refractivity (Wildman–Crippen MR) is 155 cm³/mol. The second-order valence-corrected chi connectivity index (χ2v) is 11.9. The number of amides is 2. The maximum atomic E-state index is 14.1. The Hall–Kier alpha value is -4.47. The number of piperidine rings is 1. The fourth-order valence-corrected chi connectivity index (χ4v) is 6.46. The summed E-state index contributed by atoms with van der Waals surface area (Å²) in [4.78, 5) is 51.3. The van der Waals surface area contributed by atoms with Crippen molar-refractivity contribution in [2.45, 2.75) is 71.1 Å². The molecule has 10 heteroatoms. The van der Waals surface area contributed by atoms with Crippen LogP contribution in [0.4, 0.5) is 5.69 Å². The highest BCUT2D eigenvalue weighted by atomic mass is 16.5. The van der Waals surface area contributed by atoms with E-state index < -0.39 is 11.6 Å². The van der Waals surface area contributed by atoms with Crippen LogP contribution in [0.3, 0.4) is 0 Å². The molecule has 3 heterocycles. The number of likely N-dealkylation sites (tertiary alicyclic amines) is 1. The van der Waals surface area contributed by atoms with Gasteiger partial charge in [0, 0.05) is 41.7 Å². The van der Waals surface area contributed by atoms with E-state index in [0.717, 1.165) is 28.7 Å². The monoisotopic (exact) mass is 566 g/mol. The average Bonchev–Trinajstić information content (AvgIpc) is 3.32. The molecule has 3 aromatic rings. The number of aromatic nitrogens is 2. The highest BCUT2D eigenvalue weighted by molar-refractivity contribution is 5.98. The Bertz CT molecular complexity index is 1640. The number of nitrogens with zero attached hydrogens (tertiary/aromatic N) is 5. The Morgan fingerprint density at radius 3 is 2.52 bits per heavy atom. The maximum absolute atomic E-state index is 14.1. The van der Waals surface area contributed by atoms with Crippen LogP contribution in [0.15, 0.2) is 59.0 Å². The zero-order valence-electron chi connectivity index (χ0n) is 24.5. The van der Waals surface area contributed by atoms with Crippen molar-refractivity contribution >= 4 is 23.3 Å².